The lowest BCUT2D eigenvalue weighted by atomic mass is 10.2. The molecule has 0 aromatic heterocycles. The first-order chi connectivity index (χ1) is 19.7. The highest BCUT2D eigenvalue weighted by Crippen LogP contribution is 2.30. The smallest absolute Gasteiger partial charge is 0.331 e. The van der Waals surface area contributed by atoms with Crippen molar-refractivity contribution in [2.75, 3.05) is 0 Å². The van der Waals surface area contributed by atoms with Gasteiger partial charge in [0.05, 0.1) is 0 Å². The van der Waals surface area contributed by atoms with Gasteiger partial charge in [-0.05, 0) is 61.4 Å². The van der Waals surface area contributed by atoms with Crippen molar-refractivity contribution in [2.45, 2.75) is 53.8 Å². The van der Waals surface area contributed by atoms with Gasteiger partial charge in [0.15, 0.2) is 23.0 Å². The first-order valence-electron chi connectivity index (χ1n) is 12.5. The third-order valence-electron chi connectivity index (χ3n) is 5.04. The fourth-order valence-electron chi connectivity index (χ4n) is 3.17. The van der Waals surface area contributed by atoms with E-state index in [1.165, 1.54) is 76.2 Å². The Bertz CT molecular complexity index is 1310. The van der Waals surface area contributed by atoms with Gasteiger partial charge in [-0.25, -0.2) is 9.59 Å². The van der Waals surface area contributed by atoms with Crippen molar-refractivity contribution in [3.05, 3.63) is 59.7 Å². The van der Waals surface area contributed by atoms with E-state index in [-0.39, 0.29) is 23.0 Å². The molecular weight excluding hydrogens is 552 g/mol. The molecule has 2 aromatic rings. The average molecular weight is 583 g/mol. The van der Waals surface area contributed by atoms with Crippen molar-refractivity contribution in [1.29, 1.82) is 0 Å². The van der Waals surface area contributed by atoms with Crippen LogP contribution in [0.3, 0.4) is 0 Å². The Morgan fingerprint density at radius 2 is 0.833 bits per heavy atom. The molecule has 0 radical (unpaired) electrons. The number of esters is 6. The van der Waals surface area contributed by atoms with E-state index >= 15 is 0 Å². The summed E-state index contributed by atoms with van der Waals surface area (Å²) in [6.45, 7) is 7.86. The van der Waals surface area contributed by atoms with Crippen LogP contribution in [0.2, 0.25) is 0 Å². The summed E-state index contributed by atoms with van der Waals surface area (Å²) in [5.74, 6) is -3.83. The van der Waals surface area contributed by atoms with Gasteiger partial charge in [0.2, 0.25) is 0 Å². The third kappa shape index (κ3) is 11.5. The molecule has 0 spiro atoms. The van der Waals surface area contributed by atoms with Crippen LogP contribution in [0.4, 0.5) is 0 Å². The molecule has 0 unspecified atom stereocenters. The Balaban J connectivity index is 1.99. The van der Waals surface area contributed by atoms with Crippen LogP contribution in [-0.2, 0) is 38.2 Å². The summed E-state index contributed by atoms with van der Waals surface area (Å²) >= 11 is 0. The van der Waals surface area contributed by atoms with E-state index in [1.54, 1.807) is 13.8 Å². The maximum absolute atomic E-state index is 12.3. The summed E-state index contributed by atoms with van der Waals surface area (Å²) in [6.07, 6.45) is 3.42. The monoisotopic (exact) mass is 582 g/mol. The molecule has 0 bridgehead atoms. The summed E-state index contributed by atoms with van der Waals surface area (Å²) in [5, 5.41) is 0. The van der Waals surface area contributed by atoms with E-state index in [2.05, 4.69) is 0 Å². The molecule has 0 amide bonds. The van der Waals surface area contributed by atoms with Crippen molar-refractivity contribution < 1.29 is 57.2 Å². The van der Waals surface area contributed by atoms with Crippen molar-refractivity contribution in [2.24, 2.45) is 0 Å². The molecular formula is C30H30O12. The lowest BCUT2D eigenvalue weighted by molar-refractivity contribution is -0.158. The zero-order valence-electron chi connectivity index (χ0n) is 23.8. The van der Waals surface area contributed by atoms with Crippen LogP contribution in [0, 0.1) is 0 Å². The normalized spacial score (nSPS) is 12.2. The molecule has 12 nitrogen and oxygen atoms in total. The fraction of sp³-hybridized carbons (Fsp3) is 0.267. The molecule has 222 valence electrons. The maximum atomic E-state index is 12.3. The van der Waals surface area contributed by atoms with E-state index in [0.29, 0.717) is 11.1 Å². The second-order valence-corrected chi connectivity index (χ2v) is 8.74. The summed E-state index contributed by atoms with van der Waals surface area (Å²) in [7, 11) is 0. The van der Waals surface area contributed by atoms with Crippen molar-refractivity contribution in [3.8, 4) is 23.0 Å². The predicted molar refractivity (Wildman–Crippen MR) is 147 cm³/mol. The van der Waals surface area contributed by atoms with Crippen molar-refractivity contribution in [3.63, 3.8) is 0 Å². The average Bonchev–Trinajstić information content (AvgIpc) is 2.87. The standard InChI is InChI=1S/C30H30O12/c1-17(37-29(35)13-9-23-7-11-25(39-19(3)31)27(15-23)41-21(5)33)18(2)38-30(36)14-10-24-8-12-26(40-20(4)32)28(16-24)42-22(6)34/h7-18H,1-6H3/t17-,18-/m0/s1. The number of carbonyl (C=O) groups is 6. The lowest BCUT2D eigenvalue weighted by Crippen LogP contribution is -2.29. The van der Waals surface area contributed by atoms with E-state index in [9.17, 15) is 28.8 Å². The predicted octanol–water partition coefficient (Wildman–Crippen LogP) is 3.98. The largest absolute Gasteiger partial charge is 0.456 e. The van der Waals surface area contributed by atoms with Crippen LogP contribution < -0.4 is 18.9 Å². The zero-order chi connectivity index (χ0) is 31.4. The molecule has 2 atom stereocenters. The van der Waals surface area contributed by atoms with E-state index in [0.717, 1.165) is 12.2 Å². The number of benzene rings is 2. The van der Waals surface area contributed by atoms with Crippen molar-refractivity contribution in [1.82, 2.24) is 0 Å². The second kappa shape index (κ2) is 15.5. The molecule has 0 aliphatic rings. The number of hydrogen-bond acceptors (Lipinski definition) is 12. The summed E-state index contributed by atoms with van der Waals surface area (Å²) < 4.78 is 30.7. The van der Waals surface area contributed by atoms with Crippen LogP contribution in [0.15, 0.2) is 48.6 Å². The van der Waals surface area contributed by atoms with Crippen LogP contribution in [0.1, 0.15) is 52.7 Å². The Labute approximate surface area is 241 Å². The van der Waals surface area contributed by atoms with Crippen molar-refractivity contribution >= 4 is 48.0 Å². The van der Waals surface area contributed by atoms with Crippen LogP contribution >= 0.6 is 0 Å². The molecule has 2 aromatic carbocycles. The second-order valence-electron chi connectivity index (χ2n) is 8.74. The van der Waals surface area contributed by atoms with Gasteiger partial charge in [0.1, 0.15) is 12.2 Å². The van der Waals surface area contributed by atoms with Gasteiger partial charge < -0.3 is 28.4 Å². The fourth-order valence-corrected chi connectivity index (χ4v) is 3.17. The molecule has 0 saturated heterocycles. The highest BCUT2D eigenvalue weighted by molar-refractivity contribution is 5.88. The first-order valence-corrected chi connectivity index (χ1v) is 12.5. The first kappa shape index (κ1) is 32.9. The zero-order valence-corrected chi connectivity index (χ0v) is 23.8. The summed E-state index contributed by atoms with van der Waals surface area (Å²) in [6, 6.07) is 8.70. The number of hydrogen-bond donors (Lipinski definition) is 0. The Morgan fingerprint density at radius 3 is 1.14 bits per heavy atom. The van der Waals surface area contributed by atoms with Gasteiger partial charge in [0.25, 0.3) is 0 Å². The number of carbonyl (C=O) groups excluding carboxylic acids is 6. The minimum atomic E-state index is -0.818. The molecule has 0 aliphatic carbocycles. The van der Waals surface area contributed by atoms with Gasteiger partial charge in [-0.2, -0.15) is 0 Å². The number of ether oxygens (including phenoxy) is 6. The lowest BCUT2D eigenvalue weighted by Gasteiger charge is -2.19. The van der Waals surface area contributed by atoms with Gasteiger partial charge in [-0.3, -0.25) is 19.2 Å². The van der Waals surface area contributed by atoms with Crippen LogP contribution in [0.5, 0.6) is 23.0 Å². The Kier molecular flexibility index (Phi) is 12.2. The number of rotatable bonds is 11. The SMILES string of the molecule is CC(=O)Oc1ccc(C=CC(=O)O[C@@H](C)[C@H](C)OC(=O)C=Cc2ccc(OC(C)=O)c(OC(C)=O)c2)cc1OC(C)=O. The van der Waals surface area contributed by atoms with E-state index in [1.807, 2.05) is 0 Å². The molecule has 2 rings (SSSR count). The summed E-state index contributed by atoms with van der Waals surface area (Å²) in [4.78, 5) is 69.9. The molecule has 0 N–H and O–H groups in total. The molecule has 0 fully saturated rings. The molecule has 0 saturated carbocycles. The van der Waals surface area contributed by atoms with E-state index in [4.69, 9.17) is 28.4 Å². The molecule has 12 heteroatoms. The molecule has 42 heavy (non-hydrogen) atoms. The Hall–Kier alpha value is -5.26. The molecule has 0 heterocycles. The van der Waals surface area contributed by atoms with Gasteiger partial charge in [-0.1, -0.05) is 12.1 Å². The van der Waals surface area contributed by atoms with E-state index < -0.39 is 48.0 Å². The van der Waals surface area contributed by atoms with Crippen LogP contribution in [-0.4, -0.2) is 48.0 Å². The topological polar surface area (TPSA) is 158 Å². The van der Waals surface area contributed by atoms with Gasteiger partial charge in [-0.15, -0.1) is 0 Å². The third-order valence-corrected chi connectivity index (χ3v) is 5.04. The van der Waals surface area contributed by atoms with Crippen LogP contribution in [0.25, 0.3) is 12.2 Å². The minimum Gasteiger partial charge on any atom is -0.456 e. The summed E-state index contributed by atoms with van der Waals surface area (Å²) in [5.41, 5.74) is 0.906. The quantitative estimate of drug-likeness (QED) is 0.213. The van der Waals surface area contributed by atoms with Gasteiger partial charge >= 0.3 is 35.8 Å². The van der Waals surface area contributed by atoms with Gasteiger partial charge in [0, 0.05) is 39.8 Å². The highest BCUT2D eigenvalue weighted by atomic mass is 16.6. The molecule has 0 aliphatic heterocycles. The highest BCUT2D eigenvalue weighted by Gasteiger charge is 2.19. The Morgan fingerprint density at radius 1 is 0.524 bits per heavy atom. The minimum absolute atomic E-state index is 0.00175. The maximum Gasteiger partial charge on any atom is 0.331 e.